The zero-order chi connectivity index (χ0) is 11.1. The summed E-state index contributed by atoms with van der Waals surface area (Å²) in [7, 11) is 4.42. The Morgan fingerprint density at radius 1 is 1.36 bits per heavy atom. The number of methoxy groups -OCH3 is 1. The molecule has 1 saturated heterocycles. The van der Waals surface area contributed by atoms with E-state index in [1.54, 1.807) is 6.92 Å². The van der Waals surface area contributed by atoms with Gasteiger partial charge in [-0.2, -0.15) is 0 Å². The van der Waals surface area contributed by atoms with Crippen LogP contribution >= 0.6 is 0 Å². The second-order valence-corrected chi connectivity index (χ2v) is 3.36. The number of amides is 2. The molecule has 0 radical (unpaired) electrons. The van der Waals surface area contributed by atoms with E-state index in [0.29, 0.717) is 0 Å². The molecule has 1 heterocycles. The lowest BCUT2D eigenvalue weighted by molar-refractivity contribution is -0.186. The molecule has 78 valence electrons. The third-order valence-corrected chi connectivity index (χ3v) is 2.70. The highest BCUT2D eigenvalue weighted by molar-refractivity contribution is 6.04. The van der Waals surface area contributed by atoms with E-state index in [2.05, 4.69) is 6.58 Å². The SMILES string of the molecule is C=C1C(=O)N(C)C(C)(OC)C(=O)N1C. The van der Waals surface area contributed by atoms with Crippen molar-refractivity contribution >= 4 is 11.8 Å². The first-order valence-corrected chi connectivity index (χ1v) is 4.16. The number of ether oxygens (including phenoxy) is 1. The van der Waals surface area contributed by atoms with Crippen LogP contribution in [0.25, 0.3) is 0 Å². The normalized spacial score (nSPS) is 28.7. The van der Waals surface area contributed by atoms with Crippen molar-refractivity contribution in [2.45, 2.75) is 12.6 Å². The van der Waals surface area contributed by atoms with Crippen molar-refractivity contribution in [1.29, 1.82) is 0 Å². The van der Waals surface area contributed by atoms with E-state index in [9.17, 15) is 9.59 Å². The predicted octanol–water partition coefficient (Wildman–Crippen LogP) is -0.207. The number of nitrogens with zero attached hydrogens (tertiary/aromatic N) is 2. The van der Waals surface area contributed by atoms with Crippen LogP contribution in [-0.4, -0.2) is 48.5 Å². The minimum atomic E-state index is -1.23. The van der Waals surface area contributed by atoms with Crippen molar-refractivity contribution in [3.63, 3.8) is 0 Å². The Morgan fingerprint density at radius 3 is 2.29 bits per heavy atom. The van der Waals surface area contributed by atoms with Crippen LogP contribution in [0.5, 0.6) is 0 Å². The van der Waals surface area contributed by atoms with Gasteiger partial charge < -0.3 is 14.5 Å². The number of hydrogen-bond acceptors (Lipinski definition) is 3. The van der Waals surface area contributed by atoms with Crippen LogP contribution in [0.1, 0.15) is 6.92 Å². The van der Waals surface area contributed by atoms with Gasteiger partial charge in [-0.15, -0.1) is 0 Å². The Bertz CT molecular complexity index is 313. The van der Waals surface area contributed by atoms with Crippen molar-refractivity contribution < 1.29 is 14.3 Å². The van der Waals surface area contributed by atoms with E-state index in [0.717, 1.165) is 0 Å². The van der Waals surface area contributed by atoms with Crippen LogP contribution in [0.4, 0.5) is 0 Å². The Kier molecular flexibility index (Phi) is 2.37. The maximum atomic E-state index is 11.8. The van der Waals surface area contributed by atoms with E-state index in [-0.39, 0.29) is 17.5 Å². The number of carbonyl (C=O) groups excluding carboxylic acids is 2. The Morgan fingerprint density at radius 2 is 1.86 bits per heavy atom. The summed E-state index contributed by atoms with van der Waals surface area (Å²) in [5.41, 5.74) is -1.07. The second kappa shape index (κ2) is 3.09. The zero-order valence-electron chi connectivity index (χ0n) is 8.83. The third kappa shape index (κ3) is 1.13. The quantitative estimate of drug-likeness (QED) is 0.548. The maximum absolute atomic E-state index is 11.8. The molecule has 0 saturated carbocycles. The Labute approximate surface area is 82.9 Å². The standard InChI is InChI=1S/C9H14N2O3/c1-6-7(12)11(4)9(2,14-5)8(13)10(6)3/h1H2,2-5H3. The van der Waals surface area contributed by atoms with Crippen LogP contribution in [0.15, 0.2) is 12.3 Å². The van der Waals surface area contributed by atoms with Crippen molar-refractivity contribution in [1.82, 2.24) is 9.80 Å². The maximum Gasteiger partial charge on any atom is 0.280 e. The molecule has 0 bridgehead atoms. The van der Waals surface area contributed by atoms with Crippen LogP contribution in [0, 0.1) is 0 Å². The molecule has 1 aliphatic heterocycles. The van der Waals surface area contributed by atoms with Crippen LogP contribution in [0.3, 0.4) is 0 Å². The van der Waals surface area contributed by atoms with Gasteiger partial charge in [0.15, 0.2) is 0 Å². The highest BCUT2D eigenvalue weighted by Crippen LogP contribution is 2.26. The van der Waals surface area contributed by atoms with Crippen molar-refractivity contribution in [2.24, 2.45) is 0 Å². The molecular formula is C9H14N2O3. The second-order valence-electron chi connectivity index (χ2n) is 3.36. The highest BCUT2D eigenvalue weighted by atomic mass is 16.5. The molecule has 0 N–H and O–H groups in total. The van der Waals surface area contributed by atoms with E-state index in [1.807, 2.05) is 0 Å². The average molecular weight is 198 g/mol. The molecule has 1 rings (SSSR count). The van der Waals surface area contributed by atoms with Gasteiger partial charge in [0.2, 0.25) is 5.72 Å². The molecule has 0 aromatic carbocycles. The molecule has 5 nitrogen and oxygen atoms in total. The van der Waals surface area contributed by atoms with Crippen molar-refractivity contribution in [2.75, 3.05) is 21.2 Å². The fourth-order valence-corrected chi connectivity index (χ4v) is 1.33. The van der Waals surface area contributed by atoms with Gasteiger partial charge >= 0.3 is 0 Å². The van der Waals surface area contributed by atoms with Gasteiger partial charge in [0.05, 0.1) is 0 Å². The smallest absolute Gasteiger partial charge is 0.280 e. The fourth-order valence-electron chi connectivity index (χ4n) is 1.33. The summed E-state index contributed by atoms with van der Waals surface area (Å²) in [5, 5.41) is 0. The van der Waals surface area contributed by atoms with Gasteiger partial charge in [0.25, 0.3) is 11.8 Å². The lowest BCUT2D eigenvalue weighted by Crippen LogP contribution is -2.64. The van der Waals surface area contributed by atoms with Crippen LogP contribution < -0.4 is 0 Å². The Hall–Kier alpha value is -1.36. The summed E-state index contributed by atoms with van der Waals surface area (Å²) >= 11 is 0. The molecule has 0 aromatic heterocycles. The average Bonchev–Trinajstić information content (AvgIpc) is 2.21. The molecule has 1 fully saturated rings. The molecule has 2 amide bonds. The van der Waals surface area contributed by atoms with Gasteiger partial charge in [-0.25, -0.2) is 0 Å². The zero-order valence-corrected chi connectivity index (χ0v) is 8.83. The van der Waals surface area contributed by atoms with Gasteiger partial charge in [-0.1, -0.05) is 6.58 Å². The number of piperazine rings is 1. The molecule has 1 aliphatic rings. The molecule has 0 spiro atoms. The Balaban J connectivity index is 3.17. The van der Waals surface area contributed by atoms with Gasteiger partial charge in [0.1, 0.15) is 5.70 Å². The first-order chi connectivity index (χ1) is 6.36. The lowest BCUT2D eigenvalue weighted by Gasteiger charge is -2.43. The minimum Gasteiger partial charge on any atom is -0.351 e. The van der Waals surface area contributed by atoms with Crippen molar-refractivity contribution in [3.8, 4) is 0 Å². The summed E-state index contributed by atoms with van der Waals surface area (Å²) in [6, 6.07) is 0. The minimum absolute atomic E-state index is 0.159. The van der Waals surface area contributed by atoms with Gasteiger partial charge in [0, 0.05) is 21.2 Å². The molecule has 1 unspecified atom stereocenters. The number of rotatable bonds is 1. The van der Waals surface area contributed by atoms with E-state index in [1.165, 1.54) is 31.0 Å². The van der Waals surface area contributed by atoms with Crippen molar-refractivity contribution in [3.05, 3.63) is 12.3 Å². The summed E-state index contributed by atoms with van der Waals surface area (Å²) in [6.45, 7) is 5.09. The molecule has 5 heteroatoms. The summed E-state index contributed by atoms with van der Waals surface area (Å²) in [5.74, 6) is -0.608. The van der Waals surface area contributed by atoms with Gasteiger partial charge in [-0.3, -0.25) is 9.59 Å². The highest BCUT2D eigenvalue weighted by Gasteiger charge is 2.48. The van der Waals surface area contributed by atoms with Crippen LogP contribution in [0.2, 0.25) is 0 Å². The van der Waals surface area contributed by atoms with E-state index < -0.39 is 5.72 Å². The van der Waals surface area contributed by atoms with E-state index in [4.69, 9.17) is 4.74 Å². The first-order valence-electron chi connectivity index (χ1n) is 4.16. The van der Waals surface area contributed by atoms with E-state index >= 15 is 0 Å². The summed E-state index contributed by atoms with van der Waals surface area (Å²) in [4.78, 5) is 25.9. The monoisotopic (exact) mass is 198 g/mol. The molecular weight excluding hydrogens is 184 g/mol. The van der Waals surface area contributed by atoms with Crippen LogP contribution in [-0.2, 0) is 14.3 Å². The molecule has 0 aliphatic carbocycles. The number of likely N-dealkylation sites (N-methyl/N-ethyl adjacent to an activating group) is 2. The predicted molar refractivity (Wildman–Crippen MR) is 50.1 cm³/mol. The first kappa shape index (κ1) is 10.7. The topological polar surface area (TPSA) is 49.9 Å². The van der Waals surface area contributed by atoms with Gasteiger partial charge in [-0.05, 0) is 6.92 Å². The largest absolute Gasteiger partial charge is 0.351 e. The summed E-state index contributed by atoms with van der Waals surface area (Å²) in [6.07, 6.45) is 0. The number of hydrogen-bond donors (Lipinski definition) is 0. The lowest BCUT2D eigenvalue weighted by atomic mass is 10.1. The fraction of sp³-hybridized carbons (Fsp3) is 0.556. The molecule has 1 atom stereocenters. The number of carbonyl (C=O) groups is 2. The molecule has 14 heavy (non-hydrogen) atoms. The molecule has 0 aromatic rings. The summed E-state index contributed by atoms with van der Waals surface area (Å²) < 4.78 is 5.07. The third-order valence-electron chi connectivity index (χ3n) is 2.70.